The maximum Gasteiger partial charge on any atom is 0.326 e. The number of likely N-dealkylation sites (N-methyl/N-ethyl adjacent to an activating group) is 1. The van der Waals surface area contributed by atoms with Crippen molar-refractivity contribution in [1.82, 2.24) is 24.2 Å². The van der Waals surface area contributed by atoms with E-state index < -0.39 is 18.1 Å². The minimum atomic E-state index is -0.712. The maximum atomic E-state index is 12.4. The second-order valence-corrected chi connectivity index (χ2v) is 6.41. The number of carbonyl (C=O) groups is 2. The fourth-order valence-corrected chi connectivity index (χ4v) is 2.79. The lowest BCUT2D eigenvalue weighted by Gasteiger charge is -2.18. The highest BCUT2D eigenvalue weighted by atomic mass is 16.5. The predicted octanol–water partition coefficient (Wildman–Crippen LogP) is 0.340. The summed E-state index contributed by atoms with van der Waals surface area (Å²) in [5, 5.41) is 4.27. The van der Waals surface area contributed by atoms with Crippen molar-refractivity contribution in [2.75, 3.05) is 20.8 Å². The van der Waals surface area contributed by atoms with Gasteiger partial charge < -0.3 is 14.4 Å². The maximum absolute atomic E-state index is 12.4. The number of rotatable bonds is 7. The van der Waals surface area contributed by atoms with Gasteiger partial charge in [0.2, 0.25) is 0 Å². The van der Waals surface area contributed by atoms with Crippen LogP contribution < -0.4 is 10.3 Å². The first-order valence-electron chi connectivity index (χ1n) is 8.79. The van der Waals surface area contributed by atoms with Gasteiger partial charge in [-0.2, -0.15) is 5.10 Å². The molecule has 0 saturated carbocycles. The number of aromatic nitrogens is 4. The van der Waals surface area contributed by atoms with Gasteiger partial charge in [0, 0.05) is 26.2 Å². The SMILES string of the molecule is COc1ccccc1CN(C)C(=O)COC(=O)Cn1cnc2c(cnn2C)c1=O. The van der Waals surface area contributed by atoms with Crippen molar-refractivity contribution in [2.24, 2.45) is 7.05 Å². The summed E-state index contributed by atoms with van der Waals surface area (Å²) in [6.45, 7) is -0.469. The second kappa shape index (κ2) is 8.55. The Morgan fingerprint density at radius 3 is 2.76 bits per heavy atom. The number of carbonyl (C=O) groups excluding carboxylic acids is 2. The van der Waals surface area contributed by atoms with Gasteiger partial charge in [-0.15, -0.1) is 0 Å². The highest BCUT2D eigenvalue weighted by molar-refractivity contribution is 5.80. The van der Waals surface area contributed by atoms with Crippen molar-refractivity contribution >= 4 is 22.9 Å². The Morgan fingerprint density at radius 1 is 1.24 bits per heavy atom. The molecule has 2 heterocycles. The number of fused-ring (bicyclic) bond motifs is 1. The molecule has 0 aliphatic rings. The fourth-order valence-electron chi connectivity index (χ4n) is 2.79. The van der Waals surface area contributed by atoms with Gasteiger partial charge in [0.05, 0.1) is 13.3 Å². The molecule has 3 aromatic rings. The van der Waals surface area contributed by atoms with Gasteiger partial charge in [-0.05, 0) is 6.07 Å². The minimum Gasteiger partial charge on any atom is -0.496 e. The van der Waals surface area contributed by atoms with Crippen LogP contribution in [0.4, 0.5) is 0 Å². The van der Waals surface area contributed by atoms with Crippen LogP contribution >= 0.6 is 0 Å². The average molecular weight is 399 g/mol. The van der Waals surface area contributed by atoms with Crippen LogP contribution in [0.1, 0.15) is 5.56 Å². The summed E-state index contributed by atoms with van der Waals surface area (Å²) in [6.07, 6.45) is 2.64. The van der Waals surface area contributed by atoms with Gasteiger partial charge in [0.1, 0.15) is 24.0 Å². The Bertz CT molecular complexity index is 1100. The lowest BCUT2D eigenvalue weighted by atomic mass is 10.2. The summed E-state index contributed by atoms with van der Waals surface area (Å²) in [5.41, 5.74) is 0.854. The first-order valence-corrected chi connectivity index (χ1v) is 8.79. The molecule has 3 rings (SSSR count). The van der Waals surface area contributed by atoms with Crippen molar-refractivity contribution in [3.8, 4) is 5.75 Å². The predicted molar refractivity (Wildman–Crippen MR) is 103 cm³/mol. The van der Waals surface area contributed by atoms with Crippen LogP contribution in [0.25, 0.3) is 11.0 Å². The molecule has 0 N–H and O–H groups in total. The molecule has 0 bridgehead atoms. The molecule has 0 fully saturated rings. The molecule has 1 aromatic carbocycles. The largest absolute Gasteiger partial charge is 0.496 e. The Labute approximate surface area is 166 Å². The summed E-state index contributed by atoms with van der Waals surface area (Å²) in [7, 11) is 4.83. The van der Waals surface area contributed by atoms with Crippen LogP contribution in [0.5, 0.6) is 5.75 Å². The number of esters is 1. The molecule has 1 amide bonds. The molecular formula is C19H21N5O5. The van der Waals surface area contributed by atoms with E-state index in [1.807, 2.05) is 18.2 Å². The van der Waals surface area contributed by atoms with Gasteiger partial charge in [-0.3, -0.25) is 23.6 Å². The number of hydrogen-bond donors (Lipinski definition) is 0. The molecule has 0 spiro atoms. The minimum absolute atomic E-state index is 0.301. The molecule has 152 valence electrons. The average Bonchev–Trinajstić information content (AvgIpc) is 3.10. The third kappa shape index (κ3) is 4.42. The highest BCUT2D eigenvalue weighted by Gasteiger charge is 2.16. The van der Waals surface area contributed by atoms with E-state index in [0.29, 0.717) is 23.3 Å². The van der Waals surface area contributed by atoms with E-state index in [4.69, 9.17) is 9.47 Å². The Hall–Kier alpha value is -3.69. The Balaban J connectivity index is 1.57. The lowest BCUT2D eigenvalue weighted by molar-refractivity contribution is -0.152. The quantitative estimate of drug-likeness (QED) is 0.527. The standard InChI is InChI=1S/C19H21N5O5/c1-22(9-13-6-4-5-7-15(13)28-3)16(25)11-29-17(26)10-24-12-20-18-14(19(24)27)8-21-23(18)2/h4-8,12H,9-11H2,1-3H3. The van der Waals surface area contributed by atoms with Crippen molar-refractivity contribution in [3.05, 3.63) is 52.7 Å². The molecule has 0 atom stereocenters. The first kappa shape index (κ1) is 20.1. The van der Waals surface area contributed by atoms with Gasteiger partial charge in [-0.1, -0.05) is 18.2 Å². The smallest absolute Gasteiger partial charge is 0.326 e. The number of hydrogen-bond acceptors (Lipinski definition) is 7. The van der Waals surface area contributed by atoms with Crippen LogP contribution in [-0.4, -0.2) is 56.9 Å². The van der Waals surface area contributed by atoms with Crippen LogP contribution in [-0.2, 0) is 34.5 Å². The van der Waals surface area contributed by atoms with Crippen molar-refractivity contribution in [1.29, 1.82) is 0 Å². The van der Waals surface area contributed by atoms with Gasteiger partial charge in [0.15, 0.2) is 12.3 Å². The monoisotopic (exact) mass is 399 g/mol. The number of nitrogens with zero attached hydrogens (tertiary/aromatic N) is 5. The highest BCUT2D eigenvalue weighted by Crippen LogP contribution is 2.18. The van der Waals surface area contributed by atoms with Crippen molar-refractivity contribution in [3.63, 3.8) is 0 Å². The number of methoxy groups -OCH3 is 1. The summed E-state index contributed by atoms with van der Waals surface area (Å²) >= 11 is 0. The van der Waals surface area contributed by atoms with Crippen LogP contribution in [0.2, 0.25) is 0 Å². The molecule has 10 nitrogen and oxygen atoms in total. The molecule has 0 saturated heterocycles. The van der Waals surface area contributed by atoms with E-state index >= 15 is 0 Å². The van der Waals surface area contributed by atoms with Crippen molar-refractivity contribution < 1.29 is 19.1 Å². The van der Waals surface area contributed by atoms with Crippen molar-refractivity contribution in [2.45, 2.75) is 13.1 Å². The summed E-state index contributed by atoms with van der Waals surface area (Å²) in [4.78, 5) is 42.2. The van der Waals surface area contributed by atoms with E-state index in [0.717, 1.165) is 10.1 Å². The number of aryl methyl sites for hydroxylation is 1. The van der Waals surface area contributed by atoms with E-state index in [1.54, 1.807) is 27.3 Å². The molecule has 29 heavy (non-hydrogen) atoms. The molecule has 10 heteroatoms. The zero-order chi connectivity index (χ0) is 21.0. The second-order valence-electron chi connectivity index (χ2n) is 6.41. The van der Waals surface area contributed by atoms with E-state index in [9.17, 15) is 14.4 Å². The van der Waals surface area contributed by atoms with Crippen LogP contribution in [0, 0.1) is 0 Å². The molecule has 0 radical (unpaired) electrons. The zero-order valence-corrected chi connectivity index (χ0v) is 16.4. The molecular weight excluding hydrogens is 378 g/mol. The van der Waals surface area contributed by atoms with E-state index in [-0.39, 0.29) is 12.5 Å². The summed E-state index contributed by atoms with van der Waals surface area (Å²) < 4.78 is 12.9. The summed E-state index contributed by atoms with van der Waals surface area (Å²) in [5.74, 6) is -0.421. The zero-order valence-electron chi connectivity index (χ0n) is 16.4. The normalized spacial score (nSPS) is 10.7. The third-order valence-electron chi connectivity index (χ3n) is 4.40. The Kier molecular flexibility index (Phi) is 5.91. The fraction of sp³-hybridized carbons (Fsp3) is 0.316. The van der Waals surface area contributed by atoms with Crippen LogP contribution in [0.3, 0.4) is 0 Å². The Morgan fingerprint density at radius 2 is 2.00 bits per heavy atom. The number of para-hydroxylation sites is 1. The van der Waals surface area contributed by atoms with E-state index in [2.05, 4.69) is 10.1 Å². The molecule has 0 aliphatic carbocycles. The number of amides is 1. The molecule has 0 unspecified atom stereocenters. The van der Waals surface area contributed by atoms with Gasteiger partial charge in [-0.25, -0.2) is 4.98 Å². The van der Waals surface area contributed by atoms with Gasteiger partial charge in [0.25, 0.3) is 11.5 Å². The third-order valence-corrected chi connectivity index (χ3v) is 4.40. The molecule has 2 aromatic heterocycles. The topological polar surface area (TPSA) is 109 Å². The number of ether oxygens (including phenoxy) is 2. The number of benzene rings is 1. The molecule has 0 aliphatic heterocycles. The van der Waals surface area contributed by atoms with E-state index in [1.165, 1.54) is 22.1 Å². The lowest BCUT2D eigenvalue weighted by Crippen LogP contribution is -2.32. The van der Waals surface area contributed by atoms with Crippen LogP contribution in [0.15, 0.2) is 41.6 Å². The van der Waals surface area contributed by atoms with Gasteiger partial charge >= 0.3 is 5.97 Å². The summed E-state index contributed by atoms with van der Waals surface area (Å²) in [6, 6.07) is 7.34. The first-order chi connectivity index (χ1) is 13.9.